The highest BCUT2D eigenvalue weighted by atomic mass is 32.1. The highest BCUT2D eigenvalue weighted by Gasteiger charge is 2.46. The van der Waals surface area contributed by atoms with Crippen LogP contribution in [-0.2, 0) is 4.74 Å². The first-order chi connectivity index (χ1) is 21.4. The minimum absolute atomic E-state index is 0.0458. The average molecular weight is 655 g/mol. The Hall–Kier alpha value is -3.92. The van der Waals surface area contributed by atoms with Crippen LogP contribution >= 0.6 is 11.3 Å². The number of methoxy groups -OCH3 is 1. The van der Waals surface area contributed by atoms with Gasteiger partial charge in [0, 0.05) is 12.1 Å². The van der Waals surface area contributed by atoms with Gasteiger partial charge in [-0.2, -0.15) is 13.2 Å². The minimum atomic E-state index is -4.41. The third kappa shape index (κ3) is 5.47. The van der Waals surface area contributed by atoms with Crippen molar-refractivity contribution in [1.82, 2.24) is 10.3 Å². The molecule has 1 aliphatic carbocycles. The van der Waals surface area contributed by atoms with E-state index >= 15 is 0 Å². The van der Waals surface area contributed by atoms with Gasteiger partial charge in [-0.3, -0.25) is 9.59 Å². The Morgan fingerprint density at radius 2 is 1.80 bits per heavy atom. The summed E-state index contributed by atoms with van der Waals surface area (Å²) in [6.07, 6.45) is -7.26. The van der Waals surface area contributed by atoms with Crippen molar-refractivity contribution in [2.45, 2.75) is 62.7 Å². The summed E-state index contributed by atoms with van der Waals surface area (Å²) in [7, 11) is 1.39. The van der Waals surface area contributed by atoms with E-state index in [1.807, 2.05) is 0 Å². The number of benzene rings is 2. The van der Waals surface area contributed by atoms with E-state index in [1.165, 1.54) is 18.4 Å². The molecule has 10 nitrogen and oxygen atoms in total. The standard InChI is InChI=1S/C29H27F5N4O6S/c1-41-20-6-5-18-24(45-27(37-18)38-15-8-16(38)12-42-11-15)23(20)26(40)36-19-10-22-21(43-29(33,34)44-22)9-17(19)25(39)35-14-4-2-3-13(7-14)28(30,31)32/h5-6,9-10,13-16H,2-4,7-8,11-12H2,1H3,(H,35,39)(H,36,40). The Morgan fingerprint density at radius 1 is 1.07 bits per heavy atom. The first kappa shape index (κ1) is 29.8. The summed E-state index contributed by atoms with van der Waals surface area (Å²) in [6, 6.07) is 4.85. The molecule has 240 valence electrons. The van der Waals surface area contributed by atoms with E-state index in [1.54, 1.807) is 12.1 Å². The van der Waals surface area contributed by atoms with Crippen LogP contribution in [0.4, 0.5) is 32.8 Å². The molecule has 3 fully saturated rings. The lowest BCUT2D eigenvalue weighted by molar-refractivity contribution is -0.286. The van der Waals surface area contributed by atoms with E-state index in [4.69, 9.17) is 14.5 Å². The van der Waals surface area contributed by atoms with Crippen molar-refractivity contribution in [2.75, 3.05) is 30.5 Å². The second kappa shape index (κ2) is 10.9. The molecule has 4 unspecified atom stereocenters. The number of carbonyl (C=O) groups excluding carboxylic acids is 2. The number of hydrogen-bond donors (Lipinski definition) is 2. The van der Waals surface area contributed by atoms with Crippen LogP contribution in [0.15, 0.2) is 24.3 Å². The summed E-state index contributed by atoms with van der Waals surface area (Å²) in [4.78, 5) is 34.2. The van der Waals surface area contributed by atoms with Crippen LogP contribution in [-0.4, -0.2) is 67.7 Å². The van der Waals surface area contributed by atoms with Crippen molar-refractivity contribution >= 4 is 44.2 Å². The van der Waals surface area contributed by atoms with Crippen LogP contribution in [0.3, 0.4) is 0 Å². The third-order valence-electron chi connectivity index (χ3n) is 8.63. The zero-order chi connectivity index (χ0) is 31.7. The molecule has 3 aliphatic heterocycles. The van der Waals surface area contributed by atoms with Gasteiger partial charge in [-0.25, -0.2) is 4.98 Å². The van der Waals surface area contributed by atoms with E-state index < -0.39 is 47.7 Å². The Labute approximate surface area is 256 Å². The second-order valence-electron chi connectivity index (χ2n) is 11.5. The molecule has 3 aromatic rings. The summed E-state index contributed by atoms with van der Waals surface area (Å²) in [6.45, 7) is 1.16. The molecule has 0 radical (unpaired) electrons. The Morgan fingerprint density at radius 3 is 2.49 bits per heavy atom. The van der Waals surface area contributed by atoms with E-state index in [2.05, 4.69) is 25.0 Å². The summed E-state index contributed by atoms with van der Waals surface area (Å²) in [5.41, 5.74) is 0.142. The highest BCUT2D eigenvalue weighted by molar-refractivity contribution is 7.22. The number of rotatable bonds is 6. The van der Waals surface area contributed by atoms with E-state index in [0.29, 0.717) is 35.0 Å². The van der Waals surface area contributed by atoms with Gasteiger partial charge in [0.05, 0.1) is 59.8 Å². The fraction of sp³-hybridized carbons (Fsp3) is 0.483. The van der Waals surface area contributed by atoms with Gasteiger partial charge in [0.1, 0.15) is 11.3 Å². The molecule has 1 saturated carbocycles. The maximum absolute atomic E-state index is 13.9. The van der Waals surface area contributed by atoms with Crippen LogP contribution in [0.2, 0.25) is 0 Å². The number of alkyl halides is 5. The number of fused-ring (bicyclic) bond motifs is 4. The van der Waals surface area contributed by atoms with Gasteiger partial charge in [-0.05, 0) is 43.9 Å². The number of nitrogens with zero attached hydrogens (tertiary/aromatic N) is 2. The number of morpholine rings is 1. The molecule has 2 bridgehead atoms. The molecule has 7 rings (SSSR count). The van der Waals surface area contributed by atoms with Gasteiger partial charge >= 0.3 is 12.5 Å². The van der Waals surface area contributed by atoms with E-state index in [-0.39, 0.29) is 53.9 Å². The zero-order valence-corrected chi connectivity index (χ0v) is 24.5. The molecule has 4 atom stereocenters. The normalized spacial score (nSPS) is 25.1. The molecule has 4 heterocycles. The Kier molecular flexibility index (Phi) is 7.18. The van der Waals surface area contributed by atoms with E-state index in [0.717, 1.165) is 18.6 Å². The lowest BCUT2D eigenvalue weighted by Crippen LogP contribution is -2.64. The summed E-state index contributed by atoms with van der Waals surface area (Å²) in [5, 5.41) is 5.91. The Bertz CT molecular complexity index is 1670. The number of thiazole rings is 1. The highest BCUT2D eigenvalue weighted by Crippen LogP contribution is 2.46. The molecule has 1 aromatic heterocycles. The quantitative estimate of drug-likeness (QED) is 0.326. The van der Waals surface area contributed by atoms with Crippen LogP contribution < -0.4 is 29.7 Å². The summed E-state index contributed by atoms with van der Waals surface area (Å²) >= 11 is 1.29. The largest absolute Gasteiger partial charge is 0.586 e. The number of hydrogen-bond acceptors (Lipinski definition) is 9. The maximum Gasteiger partial charge on any atom is 0.586 e. The molecule has 2 amide bonds. The molecule has 2 saturated heterocycles. The fourth-order valence-electron chi connectivity index (χ4n) is 6.46. The molecule has 4 aliphatic rings. The number of aromatic nitrogens is 1. The molecular formula is C29H27F5N4O6S. The van der Waals surface area contributed by atoms with Gasteiger partial charge < -0.3 is 34.5 Å². The van der Waals surface area contributed by atoms with Crippen molar-refractivity contribution in [3.05, 3.63) is 35.4 Å². The smallest absolute Gasteiger partial charge is 0.496 e. The van der Waals surface area contributed by atoms with Crippen molar-refractivity contribution in [3.63, 3.8) is 0 Å². The maximum atomic E-state index is 13.9. The number of halogens is 5. The number of anilines is 2. The van der Waals surface area contributed by atoms with Crippen molar-refractivity contribution in [3.8, 4) is 17.2 Å². The SMILES string of the molecule is COc1ccc2nc(N3C4COCC3C4)sc2c1C(=O)Nc1cc2c(cc1C(=O)NC1CCCC(C(F)(F)F)C1)OC(F)(F)O2. The first-order valence-corrected chi connectivity index (χ1v) is 15.2. The Balaban J connectivity index is 1.21. The second-order valence-corrected chi connectivity index (χ2v) is 12.5. The molecule has 0 spiro atoms. The summed E-state index contributed by atoms with van der Waals surface area (Å²) < 4.78 is 88.7. The van der Waals surface area contributed by atoms with Gasteiger partial charge in [0.15, 0.2) is 16.6 Å². The average Bonchev–Trinajstić information content (AvgIpc) is 3.54. The number of carbonyl (C=O) groups is 2. The molecule has 16 heteroatoms. The predicted molar refractivity (Wildman–Crippen MR) is 152 cm³/mol. The van der Waals surface area contributed by atoms with Gasteiger partial charge in [0.25, 0.3) is 11.8 Å². The summed E-state index contributed by atoms with van der Waals surface area (Å²) in [5.74, 6) is -3.85. The lowest BCUT2D eigenvalue weighted by Gasteiger charge is -2.52. The molecule has 45 heavy (non-hydrogen) atoms. The van der Waals surface area contributed by atoms with Crippen molar-refractivity contribution in [2.24, 2.45) is 5.92 Å². The number of amides is 2. The number of ether oxygens (including phenoxy) is 4. The molecule has 2 N–H and O–H groups in total. The first-order valence-electron chi connectivity index (χ1n) is 14.4. The van der Waals surface area contributed by atoms with Crippen molar-refractivity contribution < 1.29 is 50.5 Å². The molecule has 2 aromatic carbocycles. The van der Waals surface area contributed by atoms with Crippen molar-refractivity contribution in [1.29, 1.82) is 0 Å². The van der Waals surface area contributed by atoms with E-state index in [9.17, 15) is 31.5 Å². The minimum Gasteiger partial charge on any atom is -0.496 e. The number of nitrogens with one attached hydrogen (secondary N) is 2. The predicted octanol–water partition coefficient (Wildman–Crippen LogP) is 5.71. The topological polar surface area (TPSA) is 111 Å². The van der Waals surface area contributed by atoms with Gasteiger partial charge in [-0.15, -0.1) is 8.78 Å². The van der Waals surface area contributed by atoms with Crippen LogP contribution in [0, 0.1) is 5.92 Å². The van der Waals surface area contributed by atoms with Crippen LogP contribution in [0.1, 0.15) is 52.8 Å². The lowest BCUT2D eigenvalue weighted by atomic mass is 9.85. The molecular weight excluding hydrogens is 627 g/mol. The van der Waals surface area contributed by atoms with Gasteiger partial charge in [-0.1, -0.05) is 17.8 Å². The fourth-order valence-corrected chi connectivity index (χ4v) is 7.71. The zero-order valence-electron chi connectivity index (χ0n) is 23.7. The third-order valence-corrected chi connectivity index (χ3v) is 9.74. The monoisotopic (exact) mass is 654 g/mol. The van der Waals surface area contributed by atoms with Crippen LogP contribution in [0.25, 0.3) is 10.2 Å². The van der Waals surface area contributed by atoms with Crippen LogP contribution in [0.5, 0.6) is 17.2 Å². The van der Waals surface area contributed by atoms with Gasteiger partial charge in [0.2, 0.25) is 0 Å².